The largest absolute Gasteiger partial charge is 0.478 e. The molecule has 0 spiro atoms. The fourth-order valence-corrected chi connectivity index (χ4v) is 4.83. The number of ether oxygens (including phenoxy) is 4. The minimum Gasteiger partial charge on any atom is -0.478 e. The highest BCUT2D eigenvalue weighted by atomic mass is 16.6. The molecule has 4 N–H and O–H groups in total. The van der Waals surface area contributed by atoms with Crippen LogP contribution in [-0.2, 0) is 18.9 Å². The van der Waals surface area contributed by atoms with E-state index in [0.717, 1.165) is 48.5 Å². The summed E-state index contributed by atoms with van der Waals surface area (Å²) in [5.41, 5.74) is -5.55. The third-order valence-electron chi connectivity index (χ3n) is 7.55. The predicted molar refractivity (Wildman–Crippen MR) is 177 cm³/mol. The maximum absolute atomic E-state index is 13.2. The van der Waals surface area contributed by atoms with Gasteiger partial charge in [-0.1, -0.05) is 48.5 Å². The Morgan fingerprint density at radius 1 is 0.340 bits per heavy atom. The normalized spacial score (nSPS) is 10.7. The lowest BCUT2D eigenvalue weighted by Crippen LogP contribution is -2.44. The van der Waals surface area contributed by atoms with Gasteiger partial charge in [0.05, 0.1) is 44.5 Å². The number of carbonyl (C=O) groups is 8. The van der Waals surface area contributed by atoms with Crippen LogP contribution in [0, 0.1) is 5.41 Å². The second kappa shape index (κ2) is 17.0. The van der Waals surface area contributed by atoms with Gasteiger partial charge in [0.15, 0.2) is 0 Å². The van der Waals surface area contributed by atoms with Gasteiger partial charge in [0.1, 0.15) is 31.8 Å². The number of rotatable bonds is 16. The van der Waals surface area contributed by atoms with Gasteiger partial charge in [-0.15, -0.1) is 0 Å². The molecule has 0 saturated heterocycles. The molecule has 0 bridgehead atoms. The van der Waals surface area contributed by atoms with Gasteiger partial charge < -0.3 is 39.4 Å². The zero-order chi connectivity index (χ0) is 38.7. The number of hydrogen-bond donors (Lipinski definition) is 4. The number of carbonyl (C=O) groups excluding carboxylic acids is 4. The molecule has 4 rings (SSSR count). The van der Waals surface area contributed by atoms with Crippen LogP contribution in [0.2, 0.25) is 0 Å². The highest BCUT2D eigenvalue weighted by Crippen LogP contribution is 2.26. The van der Waals surface area contributed by atoms with Crippen molar-refractivity contribution in [3.05, 3.63) is 142 Å². The molecule has 0 radical (unpaired) electrons. The van der Waals surface area contributed by atoms with E-state index < -0.39 is 124 Å². The van der Waals surface area contributed by atoms with Crippen LogP contribution >= 0.6 is 0 Å². The summed E-state index contributed by atoms with van der Waals surface area (Å²) >= 11 is 0. The molecule has 4 aromatic rings. The van der Waals surface area contributed by atoms with E-state index in [2.05, 4.69) is 0 Å². The first-order valence-electron chi connectivity index (χ1n) is 15.2. The minimum absolute atomic E-state index is 0.416. The van der Waals surface area contributed by atoms with E-state index >= 15 is 0 Å². The first kappa shape index (κ1) is 38.4. The second-order valence-corrected chi connectivity index (χ2v) is 11.2. The lowest BCUT2D eigenvalue weighted by Gasteiger charge is -2.32. The van der Waals surface area contributed by atoms with Crippen LogP contribution in [0.1, 0.15) is 82.9 Å². The van der Waals surface area contributed by atoms with Crippen LogP contribution in [0.25, 0.3) is 0 Å². The quantitative estimate of drug-likeness (QED) is 0.0931. The Hall–Kier alpha value is -7.36. The van der Waals surface area contributed by atoms with Gasteiger partial charge in [0.2, 0.25) is 0 Å². The van der Waals surface area contributed by atoms with Crippen LogP contribution in [0.4, 0.5) is 0 Å². The van der Waals surface area contributed by atoms with E-state index in [1.54, 1.807) is 0 Å². The van der Waals surface area contributed by atoms with Crippen molar-refractivity contribution in [3.63, 3.8) is 0 Å². The Kier molecular flexibility index (Phi) is 12.4. The summed E-state index contributed by atoms with van der Waals surface area (Å²) in [7, 11) is 0. The van der Waals surface area contributed by atoms with Gasteiger partial charge in [-0.2, -0.15) is 0 Å². The van der Waals surface area contributed by atoms with Gasteiger partial charge >= 0.3 is 47.8 Å². The number of esters is 4. The van der Waals surface area contributed by atoms with E-state index in [4.69, 9.17) is 18.9 Å². The number of carboxylic acids is 4. The molecule has 272 valence electrons. The zero-order valence-corrected chi connectivity index (χ0v) is 27.3. The van der Waals surface area contributed by atoms with Crippen LogP contribution in [0.3, 0.4) is 0 Å². The van der Waals surface area contributed by atoms with Crippen LogP contribution in [0.5, 0.6) is 0 Å². The average molecular weight is 729 g/mol. The van der Waals surface area contributed by atoms with Gasteiger partial charge in [0, 0.05) is 0 Å². The van der Waals surface area contributed by atoms with Crippen molar-refractivity contribution in [3.8, 4) is 0 Å². The topological polar surface area (TPSA) is 254 Å². The Bertz CT molecular complexity index is 1800. The maximum atomic E-state index is 13.2. The summed E-state index contributed by atoms with van der Waals surface area (Å²) in [4.78, 5) is 100. The molecule has 0 fully saturated rings. The highest BCUT2D eigenvalue weighted by Gasteiger charge is 2.39. The fraction of sp³-hybridized carbons (Fsp3) is 0.135. The predicted octanol–water partition coefficient (Wildman–Crippen LogP) is 4.19. The fourth-order valence-electron chi connectivity index (χ4n) is 4.83. The molecule has 0 aliphatic heterocycles. The van der Waals surface area contributed by atoms with Gasteiger partial charge in [-0.05, 0) is 48.5 Å². The van der Waals surface area contributed by atoms with Gasteiger partial charge in [-0.3, -0.25) is 0 Å². The molecular formula is C37H28O16. The molecule has 53 heavy (non-hydrogen) atoms. The van der Waals surface area contributed by atoms with Crippen LogP contribution in [0.15, 0.2) is 97.1 Å². The Balaban J connectivity index is 1.75. The lowest BCUT2D eigenvalue weighted by atomic mass is 9.91. The molecule has 0 aromatic heterocycles. The Morgan fingerprint density at radius 2 is 0.509 bits per heavy atom. The summed E-state index contributed by atoms with van der Waals surface area (Å²) in [5, 5.41) is 38.3. The van der Waals surface area contributed by atoms with Crippen LogP contribution in [-0.4, -0.2) is 94.6 Å². The zero-order valence-electron chi connectivity index (χ0n) is 27.3. The molecule has 0 heterocycles. The summed E-state index contributed by atoms with van der Waals surface area (Å²) in [6, 6.07) is 19.8. The molecule has 0 saturated carbocycles. The first-order valence-corrected chi connectivity index (χ1v) is 15.2. The molecule has 0 aliphatic carbocycles. The monoisotopic (exact) mass is 728 g/mol. The highest BCUT2D eigenvalue weighted by molar-refractivity contribution is 6.04. The SMILES string of the molecule is O=C(O)c1ccccc1C(=O)OCC(COC(=O)c1ccccc1C(=O)O)(COC(=O)c1ccccc1C(=O)O)COC(=O)c1ccccc1C(=O)O. The van der Waals surface area contributed by atoms with E-state index in [1.807, 2.05) is 0 Å². The van der Waals surface area contributed by atoms with E-state index in [1.165, 1.54) is 48.5 Å². The van der Waals surface area contributed by atoms with Crippen LogP contribution < -0.4 is 0 Å². The van der Waals surface area contributed by atoms with E-state index in [-0.39, 0.29) is 0 Å². The third-order valence-corrected chi connectivity index (χ3v) is 7.55. The summed E-state index contributed by atoms with van der Waals surface area (Å²) < 4.78 is 21.7. The van der Waals surface area contributed by atoms with E-state index in [0.29, 0.717) is 0 Å². The number of benzene rings is 4. The minimum atomic E-state index is -2.08. The van der Waals surface area contributed by atoms with Gasteiger partial charge in [-0.25, -0.2) is 38.4 Å². The first-order chi connectivity index (χ1) is 25.2. The number of carboxylic acid groups (broad SMARTS) is 4. The standard InChI is InChI=1S/C37H28O16/c38-29(39)21-9-1-5-13-25(21)33(46)50-17-37(18-51-34(47)26-14-6-2-10-22(26)30(40)41,19-52-35(48)27-15-7-3-11-23(27)31(42)43)20-53-36(49)28-16-8-4-12-24(28)32(44)45/h1-16H,17-20H2,(H,38,39)(H,40,41)(H,42,43)(H,44,45). The lowest BCUT2D eigenvalue weighted by molar-refractivity contribution is -0.0644. The molecule has 16 heteroatoms. The van der Waals surface area contributed by atoms with Crippen molar-refractivity contribution in [2.75, 3.05) is 26.4 Å². The smallest absolute Gasteiger partial charge is 0.339 e. The number of hydrogen-bond acceptors (Lipinski definition) is 12. The van der Waals surface area contributed by atoms with Crippen molar-refractivity contribution in [1.29, 1.82) is 0 Å². The summed E-state index contributed by atoms with van der Waals surface area (Å²) in [6.07, 6.45) is 0. The molecule has 4 aromatic carbocycles. The average Bonchev–Trinajstić information content (AvgIpc) is 3.16. The molecule has 0 atom stereocenters. The summed E-state index contributed by atoms with van der Waals surface area (Å²) in [6.45, 7) is -3.74. The Labute approximate surface area is 298 Å². The van der Waals surface area contributed by atoms with Gasteiger partial charge in [0.25, 0.3) is 0 Å². The molecule has 0 aliphatic rings. The number of aromatic carboxylic acids is 4. The van der Waals surface area contributed by atoms with Crippen molar-refractivity contribution < 1.29 is 77.7 Å². The second-order valence-electron chi connectivity index (χ2n) is 11.2. The molecule has 16 nitrogen and oxygen atoms in total. The summed E-state index contributed by atoms with van der Waals surface area (Å²) in [5.74, 6) is -10.8. The van der Waals surface area contributed by atoms with E-state index in [9.17, 15) is 58.8 Å². The van der Waals surface area contributed by atoms with Crippen molar-refractivity contribution in [1.82, 2.24) is 0 Å². The van der Waals surface area contributed by atoms with Crippen molar-refractivity contribution in [2.45, 2.75) is 0 Å². The Morgan fingerprint density at radius 3 is 0.679 bits per heavy atom. The van der Waals surface area contributed by atoms with Crippen molar-refractivity contribution in [2.24, 2.45) is 5.41 Å². The third kappa shape index (κ3) is 9.46. The van der Waals surface area contributed by atoms with Crippen molar-refractivity contribution >= 4 is 47.8 Å². The molecule has 0 amide bonds. The molecule has 0 unspecified atom stereocenters. The maximum Gasteiger partial charge on any atom is 0.339 e. The molecular weight excluding hydrogens is 700 g/mol.